The summed E-state index contributed by atoms with van der Waals surface area (Å²) in [7, 11) is 0. The van der Waals surface area contributed by atoms with E-state index in [0.717, 1.165) is 23.1 Å². The van der Waals surface area contributed by atoms with Gasteiger partial charge in [0.05, 0.1) is 6.54 Å². The number of benzene rings is 1. The average Bonchev–Trinajstić information content (AvgIpc) is 2.53. The van der Waals surface area contributed by atoms with Gasteiger partial charge in [0.1, 0.15) is 11.8 Å². The van der Waals surface area contributed by atoms with Gasteiger partial charge in [-0.1, -0.05) is 41.9 Å². The highest BCUT2D eigenvalue weighted by atomic mass is 35.5. The van der Waals surface area contributed by atoms with Gasteiger partial charge in [-0.05, 0) is 29.2 Å². The van der Waals surface area contributed by atoms with Crippen LogP contribution in [0.4, 0.5) is 4.79 Å². The number of pyridine rings is 1. The zero-order valence-corrected chi connectivity index (χ0v) is 12.2. The van der Waals surface area contributed by atoms with Gasteiger partial charge in [0.2, 0.25) is 0 Å². The lowest BCUT2D eigenvalue weighted by Gasteiger charge is -2.27. The highest BCUT2D eigenvalue weighted by molar-refractivity contribution is 6.29. The van der Waals surface area contributed by atoms with Crippen LogP contribution < -0.4 is 0 Å². The second kappa shape index (κ2) is 6.14. The maximum Gasteiger partial charge on any atom is 0.410 e. The summed E-state index contributed by atoms with van der Waals surface area (Å²) in [6, 6.07) is 11.5. The number of ether oxygens (including phenoxy) is 1. The first-order valence-corrected chi connectivity index (χ1v) is 7.19. The third-order valence-corrected chi connectivity index (χ3v) is 3.73. The van der Waals surface area contributed by atoms with Crippen LogP contribution in [-0.2, 0) is 24.3 Å². The van der Waals surface area contributed by atoms with E-state index in [1.165, 1.54) is 0 Å². The Labute approximate surface area is 128 Å². The maximum absolute atomic E-state index is 12.1. The lowest BCUT2D eigenvalue weighted by molar-refractivity contribution is 0.0918. The van der Waals surface area contributed by atoms with E-state index in [2.05, 4.69) is 4.98 Å². The third kappa shape index (κ3) is 3.34. The highest BCUT2D eigenvalue weighted by Gasteiger charge is 2.22. The molecular weight excluding hydrogens is 288 g/mol. The Bertz CT molecular complexity index is 646. The molecule has 3 rings (SSSR count). The molecule has 0 fully saturated rings. The number of halogens is 1. The minimum atomic E-state index is -0.292. The van der Waals surface area contributed by atoms with E-state index in [-0.39, 0.29) is 6.09 Å². The van der Waals surface area contributed by atoms with Crippen molar-refractivity contribution in [3.8, 4) is 0 Å². The van der Waals surface area contributed by atoms with Gasteiger partial charge in [-0.25, -0.2) is 9.78 Å². The fraction of sp³-hybridized carbons (Fsp3) is 0.250. The van der Waals surface area contributed by atoms with Crippen molar-refractivity contribution >= 4 is 17.7 Å². The Kier molecular flexibility index (Phi) is 4.06. The molecule has 0 atom stereocenters. The molecule has 0 N–H and O–H groups in total. The van der Waals surface area contributed by atoms with Gasteiger partial charge in [0, 0.05) is 12.7 Å². The van der Waals surface area contributed by atoms with E-state index in [9.17, 15) is 4.79 Å². The largest absolute Gasteiger partial charge is 0.445 e. The van der Waals surface area contributed by atoms with Crippen LogP contribution in [0.25, 0.3) is 0 Å². The van der Waals surface area contributed by atoms with E-state index in [1.807, 2.05) is 36.4 Å². The van der Waals surface area contributed by atoms with Crippen LogP contribution in [0, 0.1) is 0 Å². The Morgan fingerprint density at radius 1 is 1.29 bits per heavy atom. The molecule has 0 bridgehead atoms. The normalized spacial score (nSPS) is 13.7. The molecule has 2 aromatic rings. The molecule has 0 unspecified atom stereocenters. The minimum Gasteiger partial charge on any atom is -0.445 e. The van der Waals surface area contributed by atoms with Crippen molar-refractivity contribution in [1.82, 2.24) is 9.88 Å². The summed E-state index contributed by atoms with van der Waals surface area (Å²) in [6.07, 6.45) is 2.21. The molecule has 1 aromatic carbocycles. The average molecular weight is 303 g/mol. The predicted molar refractivity (Wildman–Crippen MR) is 80.0 cm³/mol. The van der Waals surface area contributed by atoms with Gasteiger partial charge in [-0.15, -0.1) is 0 Å². The van der Waals surface area contributed by atoms with Crippen molar-refractivity contribution in [2.24, 2.45) is 0 Å². The van der Waals surface area contributed by atoms with Crippen LogP contribution >= 0.6 is 11.6 Å². The van der Waals surface area contributed by atoms with E-state index in [0.29, 0.717) is 24.8 Å². The number of hydrogen-bond acceptors (Lipinski definition) is 3. The molecule has 1 aliphatic rings. The zero-order chi connectivity index (χ0) is 14.7. The Hall–Kier alpha value is -2.07. The minimum absolute atomic E-state index is 0.292. The Balaban J connectivity index is 1.60. The van der Waals surface area contributed by atoms with Crippen LogP contribution in [0.3, 0.4) is 0 Å². The molecule has 2 heterocycles. The molecule has 0 radical (unpaired) electrons. The number of fused-ring (bicyclic) bond motifs is 1. The van der Waals surface area contributed by atoms with Gasteiger partial charge in [-0.3, -0.25) is 0 Å². The summed E-state index contributed by atoms with van der Waals surface area (Å²) in [4.78, 5) is 17.9. The summed E-state index contributed by atoms with van der Waals surface area (Å²) in [5, 5.41) is 0.494. The summed E-state index contributed by atoms with van der Waals surface area (Å²) >= 11 is 5.88. The Morgan fingerprint density at radius 3 is 2.90 bits per heavy atom. The van der Waals surface area contributed by atoms with Crippen LogP contribution in [0.2, 0.25) is 5.15 Å². The van der Waals surface area contributed by atoms with E-state index < -0.39 is 0 Å². The quantitative estimate of drug-likeness (QED) is 0.798. The van der Waals surface area contributed by atoms with Crippen molar-refractivity contribution in [2.45, 2.75) is 19.6 Å². The first-order valence-electron chi connectivity index (χ1n) is 6.81. The number of carbonyl (C=O) groups is 1. The smallest absolute Gasteiger partial charge is 0.410 e. The van der Waals surface area contributed by atoms with Gasteiger partial charge >= 0.3 is 6.09 Å². The second-order valence-electron chi connectivity index (χ2n) is 4.99. The van der Waals surface area contributed by atoms with Crippen molar-refractivity contribution in [3.63, 3.8) is 0 Å². The number of nitrogens with zero attached hydrogens (tertiary/aromatic N) is 2. The number of aromatic nitrogens is 1. The number of hydrogen-bond donors (Lipinski definition) is 0. The molecule has 108 valence electrons. The summed E-state index contributed by atoms with van der Waals surface area (Å²) in [5.41, 5.74) is 3.17. The Morgan fingerprint density at radius 2 is 2.10 bits per heavy atom. The van der Waals surface area contributed by atoms with E-state index in [1.54, 1.807) is 11.1 Å². The maximum atomic E-state index is 12.1. The van der Waals surface area contributed by atoms with Crippen LogP contribution in [0.5, 0.6) is 0 Å². The molecule has 0 aliphatic carbocycles. The molecule has 0 saturated carbocycles. The third-order valence-electron chi connectivity index (χ3n) is 3.53. The van der Waals surface area contributed by atoms with E-state index >= 15 is 0 Å². The monoisotopic (exact) mass is 302 g/mol. The summed E-state index contributed by atoms with van der Waals surface area (Å²) in [5.74, 6) is 0. The molecule has 0 saturated heterocycles. The number of carbonyl (C=O) groups excluding carboxylic acids is 1. The number of rotatable bonds is 2. The van der Waals surface area contributed by atoms with E-state index in [4.69, 9.17) is 16.3 Å². The predicted octanol–water partition coefficient (Wildman–Crippen LogP) is 3.43. The lowest BCUT2D eigenvalue weighted by Crippen LogP contribution is -2.36. The lowest BCUT2D eigenvalue weighted by atomic mass is 10.0. The molecule has 1 aromatic heterocycles. The van der Waals surface area contributed by atoms with Crippen molar-refractivity contribution in [2.75, 3.05) is 6.54 Å². The second-order valence-corrected chi connectivity index (χ2v) is 5.37. The van der Waals surface area contributed by atoms with Crippen LogP contribution in [-0.4, -0.2) is 22.5 Å². The molecule has 1 amide bonds. The van der Waals surface area contributed by atoms with Gasteiger partial charge in [-0.2, -0.15) is 0 Å². The molecule has 21 heavy (non-hydrogen) atoms. The fourth-order valence-electron chi connectivity index (χ4n) is 2.38. The first kappa shape index (κ1) is 13.9. The van der Waals surface area contributed by atoms with Crippen LogP contribution in [0.15, 0.2) is 42.6 Å². The molecule has 1 aliphatic heterocycles. The molecule has 5 heteroatoms. The standard InChI is InChI=1S/C16H15ClN2O2/c17-15-8-13-6-7-19(10-14(13)9-18-15)16(20)21-11-12-4-2-1-3-5-12/h1-5,8-9H,6-7,10-11H2. The molecular formula is C16H15ClN2O2. The zero-order valence-electron chi connectivity index (χ0n) is 11.5. The number of amides is 1. The first-order chi connectivity index (χ1) is 10.2. The van der Waals surface area contributed by atoms with Gasteiger partial charge < -0.3 is 9.64 Å². The van der Waals surface area contributed by atoms with Crippen molar-refractivity contribution in [3.05, 3.63) is 64.4 Å². The van der Waals surface area contributed by atoms with Gasteiger partial charge in [0.15, 0.2) is 0 Å². The van der Waals surface area contributed by atoms with Gasteiger partial charge in [0.25, 0.3) is 0 Å². The molecule has 0 spiro atoms. The highest BCUT2D eigenvalue weighted by Crippen LogP contribution is 2.21. The fourth-order valence-corrected chi connectivity index (χ4v) is 2.56. The van der Waals surface area contributed by atoms with Crippen LogP contribution in [0.1, 0.15) is 16.7 Å². The van der Waals surface area contributed by atoms with Crippen molar-refractivity contribution in [1.29, 1.82) is 0 Å². The molecule has 4 nitrogen and oxygen atoms in total. The summed E-state index contributed by atoms with van der Waals surface area (Å²) in [6.45, 7) is 1.45. The van der Waals surface area contributed by atoms with Crippen molar-refractivity contribution < 1.29 is 9.53 Å². The topological polar surface area (TPSA) is 42.4 Å². The SMILES string of the molecule is O=C(OCc1ccccc1)N1CCc2cc(Cl)ncc2C1. The summed E-state index contributed by atoms with van der Waals surface area (Å²) < 4.78 is 5.35.